The highest BCUT2D eigenvalue weighted by Crippen LogP contribution is 2.24. The lowest BCUT2D eigenvalue weighted by atomic mass is 10.1. The molecule has 1 heterocycles. The number of hydrogen-bond acceptors (Lipinski definition) is 5. The van der Waals surface area contributed by atoms with Gasteiger partial charge in [-0.25, -0.2) is 13.4 Å². The first kappa shape index (κ1) is 15.4. The van der Waals surface area contributed by atoms with Crippen LogP contribution in [0.5, 0.6) is 0 Å². The van der Waals surface area contributed by atoms with Crippen molar-refractivity contribution in [1.29, 1.82) is 0 Å². The van der Waals surface area contributed by atoms with Crippen LogP contribution in [0.1, 0.15) is 11.1 Å². The van der Waals surface area contributed by atoms with Crippen LogP contribution in [0.15, 0.2) is 34.2 Å². The Morgan fingerprint density at radius 2 is 2.05 bits per heavy atom. The van der Waals surface area contributed by atoms with E-state index < -0.39 is 10.0 Å². The van der Waals surface area contributed by atoms with E-state index >= 15 is 0 Å². The van der Waals surface area contributed by atoms with Gasteiger partial charge in [0.05, 0.1) is 15.7 Å². The van der Waals surface area contributed by atoms with Crippen molar-refractivity contribution in [3.05, 3.63) is 45.4 Å². The van der Waals surface area contributed by atoms with Crippen molar-refractivity contribution in [1.82, 2.24) is 4.98 Å². The third kappa shape index (κ3) is 4.23. The lowest BCUT2D eigenvalue weighted by Crippen LogP contribution is -2.15. The quantitative estimate of drug-likeness (QED) is 0.764. The molecule has 3 N–H and O–H groups in total. The molecule has 20 heavy (non-hydrogen) atoms. The van der Waals surface area contributed by atoms with E-state index in [0.717, 1.165) is 3.79 Å². The summed E-state index contributed by atoms with van der Waals surface area (Å²) >= 11 is 9.28. The van der Waals surface area contributed by atoms with Crippen LogP contribution in [0.2, 0.25) is 0 Å². The zero-order valence-electron chi connectivity index (χ0n) is 10.0. The number of rotatable bonds is 5. The van der Waals surface area contributed by atoms with Crippen LogP contribution in [0.3, 0.4) is 0 Å². The van der Waals surface area contributed by atoms with Gasteiger partial charge in [0, 0.05) is 5.56 Å². The summed E-state index contributed by atoms with van der Waals surface area (Å²) in [4.78, 5) is 4.21. The van der Waals surface area contributed by atoms with Gasteiger partial charge in [-0.2, -0.15) is 0 Å². The monoisotopic (exact) mass is 391 g/mol. The summed E-state index contributed by atoms with van der Waals surface area (Å²) in [6.07, 6.45) is 1.54. The molecule has 2 rings (SSSR count). The van der Waals surface area contributed by atoms with Gasteiger partial charge < -0.3 is 5.73 Å². The predicted molar refractivity (Wildman–Crippen MR) is 88.4 cm³/mol. The Bertz CT molecular complexity index is 726. The van der Waals surface area contributed by atoms with Gasteiger partial charge in [-0.3, -0.25) is 4.72 Å². The standard InChI is InChI=1S/C11H10BrN3O2S3/c12-9-5-14-11(19-9)15-20(16,17)6-7-1-3-8(4-2-7)10(13)18/h1-5H,6H2,(H2,13,18)(H,14,15). The molecule has 0 radical (unpaired) electrons. The maximum atomic E-state index is 12.0. The number of aromatic nitrogens is 1. The average Bonchev–Trinajstić information content (AvgIpc) is 2.73. The molecule has 5 nitrogen and oxygen atoms in total. The first-order valence-electron chi connectivity index (χ1n) is 5.36. The van der Waals surface area contributed by atoms with Gasteiger partial charge in [0.2, 0.25) is 10.0 Å². The molecule has 0 aliphatic heterocycles. The summed E-state index contributed by atoms with van der Waals surface area (Å²) in [6.45, 7) is 0. The number of nitrogens with two attached hydrogens (primary N) is 1. The fourth-order valence-electron chi connectivity index (χ4n) is 1.46. The molecular formula is C11H10BrN3O2S3. The molecule has 0 saturated heterocycles. The van der Waals surface area contributed by atoms with Crippen molar-refractivity contribution in [3.8, 4) is 0 Å². The first-order valence-corrected chi connectivity index (χ1v) is 9.03. The summed E-state index contributed by atoms with van der Waals surface area (Å²) in [6, 6.07) is 6.78. The molecule has 0 atom stereocenters. The average molecular weight is 392 g/mol. The van der Waals surface area contributed by atoms with Crippen molar-refractivity contribution in [2.75, 3.05) is 4.72 Å². The van der Waals surface area contributed by atoms with Crippen LogP contribution in [0.25, 0.3) is 0 Å². The lowest BCUT2D eigenvalue weighted by Gasteiger charge is -2.06. The third-order valence-corrected chi connectivity index (χ3v) is 5.29. The molecule has 0 aliphatic carbocycles. The second-order valence-corrected chi connectivity index (χ2v) is 8.46. The second kappa shape index (κ2) is 6.17. The molecule has 0 fully saturated rings. The van der Waals surface area contributed by atoms with E-state index in [1.54, 1.807) is 30.5 Å². The number of sulfonamides is 1. The van der Waals surface area contributed by atoms with Crippen molar-refractivity contribution in [2.24, 2.45) is 5.73 Å². The van der Waals surface area contributed by atoms with Crippen LogP contribution in [0, 0.1) is 0 Å². The summed E-state index contributed by atoms with van der Waals surface area (Å²) in [5.41, 5.74) is 6.84. The second-order valence-electron chi connectivity index (χ2n) is 3.89. The summed E-state index contributed by atoms with van der Waals surface area (Å²) in [5.74, 6) is -0.137. The van der Waals surface area contributed by atoms with Gasteiger partial charge >= 0.3 is 0 Å². The highest BCUT2D eigenvalue weighted by atomic mass is 79.9. The molecule has 1 aromatic heterocycles. The lowest BCUT2D eigenvalue weighted by molar-refractivity contribution is 0.600. The largest absolute Gasteiger partial charge is 0.389 e. The molecule has 1 aromatic carbocycles. The SMILES string of the molecule is NC(=S)c1ccc(CS(=O)(=O)Nc2ncc(Br)s2)cc1. The van der Waals surface area contributed by atoms with E-state index in [1.807, 2.05) is 0 Å². The Morgan fingerprint density at radius 1 is 1.40 bits per heavy atom. The van der Waals surface area contributed by atoms with Gasteiger partial charge in [0.15, 0.2) is 5.13 Å². The molecule has 0 unspecified atom stereocenters. The van der Waals surface area contributed by atoms with Gasteiger partial charge in [-0.1, -0.05) is 47.8 Å². The van der Waals surface area contributed by atoms with Gasteiger partial charge in [-0.05, 0) is 21.5 Å². The number of nitrogens with one attached hydrogen (secondary N) is 1. The van der Waals surface area contributed by atoms with E-state index in [2.05, 4.69) is 25.6 Å². The van der Waals surface area contributed by atoms with Gasteiger partial charge in [0.25, 0.3) is 0 Å². The van der Waals surface area contributed by atoms with Crippen molar-refractivity contribution < 1.29 is 8.42 Å². The van der Waals surface area contributed by atoms with Crippen molar-refractivity contribution >= 4 is 59.6 Å². The molecular weight excluding hydrogens is 382 g/mol. The number of halogens is 1. The number of nitrogens with zero attached hydrogens (tertiary/aromatic N) is 1. The zero-order valence-corrected chi connectivity index (χ0v) is 14.1. The maximum absolute atomic E-state index is 12.0. The number of thiazole rings is 1. The van der Waals surface area contributed by atoms with Gasteiger partial charge in [-0.15, -0.1) is 0 Å². The van der Waals surface area contributed by atoms with E-state index in [-0.39, 0.29) is 10.7 Å². The molecule has 0 amide bonds. The van der Waals surface area contributed by atoms with Crippen molar-refractivity contribution in [3.63, 3.8) is 0 Å². The third-order valence-electron chi connectivity index (χ3n) is 2.32. The number of anilines is 1. The van der Waals surface area contributed by atoms with E-state index in [4.69, 9.17) is 18.0 Å². The Hall–Kier alpha value is -1.03. The van der Waals surface area contributed by atoms with E-state index in [9.17, 15) is 8.42 Å². The minimum absolute atomic E-state index is 0.137. The Labute approximate surface area is 134 Å². The first-order chi connectivity index (χ1) is 9.35. The summed E-state index contributed by atoms with van der Waals surface area (Å²) in [5, 5.41) is 0.330. The fraction of sp³-hybridized carbons (Fsp3) is 0.0909. The highest BCUT2D eigenvalue weighted by Gasteiger charge is 2.14. The summed E-state index contributed by atoms with van der Waals surface area (Å²) < 4.78 is 27.2. The normalized spacial score (nSPS) is 11.2. The smallest absolute Gasteiger partial charge is 0.238 e. The maximum Gasteiger partial charge on any atom is 0.238 e. The Morgan fingerprint density at radius 3 is 2.55 bits per heavy atom. The van der Waals surface area contributed by atoms with Crippen LogP contribution < -0.4 is 10.5 Å². The van der Waals surface area contributed by atoms with E-state index in [0.29, 0.717) is 16.3 Å². The molecule has 0 saturated carbocycles. The topological polar surface area (TPSA) is 85.1 Å². The van der Waals surface area contributed by atoms with Crippen molar-refractivity contribution in [2.45, 2.75) is 5.75 Å². The fourth-order valence-corrected chi connectivity index (χ4v) is 4.12. The van der Waals surface area contributed by atoms with Gasteiger partial charge in [0.1, 0.15) is 4.99 Å². The van der Waals surface area contributed by atoms with Crippen LogP contribution in [-0.2, 0) is 15.8 Å². The number of hydrogen-bond donors (Lipinski definition) is 2. The molecule has 9 heteroatoms. The number of benzene rings is 1. The summed E-state index contributed by atoms with van der Waals surface area (Å²) in [7, 11) is -3.49. The molecule has 0 spiro atoms. The number of thiocarbonyl (C=S) groups is 1. The minimum atomic E-state index is -3.49. The van der Waals surface area contributed by atoms with Crippen LogP contribution >= 0.6 is 39.5 Å². The molecule has 106 valence electrons. The molecule has 0 aliphatic rings. The predicted octanol–water partition coefficient (Wildman–Crippen LogP) is 2.48. The molecule has 0 bridgehead atoms. The van der Waals surface area contributed by atoms with E-state index in [1.165, 1.54) is 11.3 Å². The molecule has 2 aromatic rings. The minimum Gasteiger partial charge on any atom is -0.389 e. The zero-order chi connectivity index (χ0) is 14.8. The highest BCUT2D eigenvalue weighted by molar-refractivity contribution is 9.11. The van der Waals surface area contributed by atoms with Crippen LogP contribution in [0.4, 0.5) is 5.13 Å². The Balaban J connectivity index is 2.09. The van der Waals surface area contributed by atoms with Crippen LogP contribution in [-0.4, -0.2) is 18.4 Å². The Kier molecular flexibility index (Phi) is 4.74.